The largest absolute Gasteiger partial charge is 0.480 e. The number of carboxylic acids is 1. The summed E-state index contributed by atoms with van der Waals surface area (Å²) in [7, 11) is 1.36. The van der Waals surface area contributed by atoms with Crippen LogP contribution >= 0.6 is 23.2 Å². The Bertz CT molecular complexity index is 763. The van der Waals surface area contributed by atoms with Gasteiger partial charge in [-0.15, -0.1) is 0 Å². The zero-order valence-electron chi connectivity index (χ0n) is 13.3. The number of hydrogen-bond acceptors (Lipinski definition) is 5. The minimum atomic E-state index is -1.16. The number of nitrogens with zero attached hydrogens (tertiary/aromatic N) is 1. The fraction of sp³-hybridized carbons (Fsp3) is 0.312. The minimum Gasteiger partial charge on any atom is -0.480 e. The maximum Gasteiger partial charge on any atom is 0.328 e. The number of aryl methyl sites for hydroxylation is 1. The number of carbonyl (C=O) groups excluding carboxylic acids is 1. The molecule has 0 aliphatic rings. The van der Waals surface area contributed by atoms with E-state index in [1.165, 1.54) is 13.3 Å². The fourth-order valence-electron chi connectivity index (χ4n) is 2.07. The van der Waals surface area contributed by atoms with Gasteiger partial charge < -0.3 is 19.6 Å². The van der Waals surface area contributed by atoms with E-state index in [0.717, 1.165) is 0 Å². The van der Waals surface area contributed by atoms with Gasteiger partial charge in [-0.25, -0.2) is 9.78 Å². The molecule has 0 bridgehead atoms. The first kappa shape index (κ1) is 19.2. The molecule has 2 rings (SSSR count). The highest BCUT2D eigenvalue weighted by Gasteiger charge is 2.20. The standard InChI is InChI=1S/C16H16Cl2N2O5/c1-24-8-12(16(22)23)20-14(21)4-5-15-19-7-13(25-15)10-3-2-9(17)6-11(10)18/h2-3,6-7,12H,4-5,8H2,1H3,(H,20,21)(H,22,23). The van der Waals surface area contributed by atoms with E-state index in [-0.39, 0.29) is 19.4 Å². The lowest BCUT2D eigenvalue weighted by Crippen LogP contribution is -2.43. The first-order valence-corrected chi connectivity index (χ1v) is 8.07. The number of carboxylic acid groups (broad SMARTS) is 1. The topological polar surface area (TPSA) is 102 Å². The number of rotatable bonds is 8. The highest BCUT2D eigenvalue weighted by atomic mass is 35.5. The summed E-state index contributed by atoms with van der Waals surface area (Å²) in [4.78, 5) is 26.9. The predicted octanol–water partition coefficient (Wildman–Crippen LogP) is 2.80. The molecule has 134 valence electrons. The third kappa shape index (κ3) is 5.45. The van der Waals surface area contributed by atoms with Crippen molar-refractivity contribution in [1.82, 2.24) is 10.3 Å². The molecule has 0 fully saturated rings. The Balaban J connectivity index is 1.95. The van der Waals surface area contributed by atoms with Gasteiger partial charge in [-0.1, -0.05) is 23.2 Å². The summed E-state index contributed by atoms with van der Waals surface area (Å²) < 4.78 is 10.3. The molecule has 1 heterocycles. The average molecular weight is 387 g/mol. The van der Waals surface area contributed by atoms with Crippen LogP contribution in [0.5, 0.6) is 0 Å². The van der Waals surface area contributed by atoms with Crippen LogP contribution in [-0.4, -0.2) is 41.7 Å². The van der Waals surface area contributed by atoms with Gasteiger partial charge in [-0.05, 0) is 18.2 Å². The number of amides is 1. The molecule has 1 amide bonds. The molecule has 2 N–H and O–H groups in total. The number of benzene rings is 1. The number of halogens is 2. The van der Waals surface area contributed by atoms with Gasteiger partial charge in [0.2, 0.25) is 5.91 Å². The van der Waals surface area contributed by atoms with E-state index in [4.69, 9.17) is 37.5 Å². The minimum absolute atomic E-state index is 0.0296. The number of nitrogens with one attached hydrogen (secondary N) is 1. The van der Waals surface area contributed by atoms with Crippen molar-refractivity contribution in [3.63, 3.8) is 0 Å². The van der Waals surface area contributed by atoms with Gasteiger partial charge in [0.15, 0.2) is 17.7 Å². The van der Waals surface area contributed by atoms with Gasteiger partial charge in [0.05, 0.1) is 17.8 Å². The van der Waals surface area contributed by atoms with E-state index in [2.05, 4.69) is 10.3 Å². The molecular formula is C16H16Cl2N2O5. The molecule has 1 atom stereocenters. The van der Waals surface area contributed by atoms with Gasteiger partial charge in [0.1, 0.15) is 0 Å². The summed E-state index contributed by atoms with van der Waals surface area (Å²) in [5.41, 5.74) is 0.639. The zero-order valence-corrected chi connectivity index (χ0v) is 14.8. The highest BCUT2D eigenvalue weighted by Crippen LogP contribution is 2.30. The lowest BCUT2D eigenvalue weighted by atomic mass is 10.2. The number of methoxy groups -OCH3 is 1. The molecule has 1 unspecified atom stereocenters. The van der Waals surface area contributed by atoms with Crippen molar-refractivity contribution in [2.24, 2.45) is 0 Å². The van der Waals surface area contributed by atoms with Crippen LogP contribution in [0.2, 0.25) is 10.0 Å². The molecule has 1 aromatic carbocycles. The maximum atomic E-state index is 11.8. The van der Waals surface area contributed by atoms with Crippen LogP contribution in [0.4, 0.5) is 0 Å². The van der Waals surface area contributed by atoms with E-state index >= 15 is 0 Å². The predicted molar refractivity (Wildman–Crippen MR) is 91.7 cm³/mol. The third-order valence-electron chi connectivity index (χ3n) is 3.28. The Labute approximate surface area is 153 Å². The summed E-state index contributed by atoms with van der Waals surface area (Å²) in [5, 5.41) is 12.3. The second-order valence-electron chi connectivity index (χ2n) is 5.16. The summed E-state index contributed by atoms with van der Waals surface area (Å²) in [6.07, 6.45) is 1.76. The summed E-state index contributed by atoms with van der Waals surface area (Å²) in [6.45, 7) is -0.112. The Hall–Kier alpha value is -2.09. The van der Waals surface area contributed by atoms with E-state index in [0.29, 0.717) is 27.3 Å². The SMILES string of the molecule is COCC(NC(=O)CCc1ncc(-c2ccc(Cl)cc2Cl)o1)C(=O)O. The molecule has 9 heteroatoms. The maximum absolute atomic E-state index is 11.8. The summed E-state index contributed by atoms with van der Waals surface area (Å²) in [5.74, 6) is -0.797. The molecule has 2 aromatic rings. The second kappa shape index (κ2) is 8.84. The van der Waals surface area contributed by atoms with Crippen molar-refractivity contribution in [3.8, 4) is 11.3 Å². The van der Waals surface area contributed by atoms with Crippen molar-refractivity contribution in [1.29, 1.82) is 0 Å². The van der Waals surface area contributed by atoms with Gasteiger partial charge in [-0.3, -0.25) is 4.79 Å². The molecule has 0 aliphatic heterocycles. The molecule has 0 spiro atoms. The summed E-state index contributed by atoms with van der Waals surface area (Å²) >= 11 is 12.0. The van der Waals surface area contributed by atoms with Crippen molar-refractivity contribution in [2.75, 3.05) is 13.7 Å². The lowest BCUT2D eigenvalue weighted by molar-refractivity contribution is -0.143. The number of hydrogen-bond donors (Lipinski definition) is 2. The van der Waals surface area contributed by atoms with Crippen molar-refractivity contribution < 1.29 is 23.8 Å². The van der Waals surface area contributed by atoms with Crippen LogP contribution in [0.15, 0.2) is 28.8 Å². The molecule has 1 aromatic heterocycles. The van der Waals surface area contributed by atoms with Crippen LogP contribution in [-0.2, 0) is 20.7 Å². The molecule has 25 heavy (non-hydrogen) atoms. The van der Waals surface area contributed by atoms with Crippen LogP contribution in [0.3, 0.4) is 0 Å². The Kier molecular flexibility index (Phi) is 6.81. The van der Waals surface area contributed by atoms with E-state index in [9.17, 15) is 9.59 Å². The molecule has 7 nitrogen and oxygen atoms in total. The smallest absolute Gasteiger partial charge is 0.328 e. The number of oxazole rings is 1. The van der Waals surface area contributed by atoms with E-state index < -0.39 is 17.9 Å². The van der Waals surface area contributed by atoms with E-state index in [1.54, 1.807) is 18.2 Å². The number of aromatic nitrogens is 1. The van der Waals surface area contributed by atoms with Gasteiger partial charge in [0, 0.05) is 30.5 Å². The normalized spacial score (nSPS) is 12.0. The molecular weight excluding hydrogens is 371 g/mol. The summed E-state index contributed by atoms with van der Waals surface area (Å²) in [6, 6.07) is 3.89. The Morgan fingerprint density at radius 1 is 1.40 bits per heavy atom. The number of ether oxygens (including phenoxy) is 1. The Morgan fingerprint density at radius 3 is 2.80 bits per heavy atom. The van der Waals surface area contributed by atoms with Crippen molar-refractivity contribution in [3.05, 3.63) is 40.3 Å². The van der Waals surface area contributed by atoms with Crippen molar-refractivity contribution >= 4 is 35.1 Å². The van der Waals surface area contributed by atoms with E-state index in [1.807, 2.05) is 0 Å². The molecule has 0 radical (unpaired) electrons. The van der Waals surface area contributed by atoms with Crippen LogP contribution in [0, 0.1) is 0 Å². The zero-order chi connectivity index (χ0) is 18.4. The Morgan fingerprint density at radius 2 is 2.16 bits per heavy atom. The van der Waals surface area contributed by atoms with Crippen LogP contribution in [0.1, 0.15) is 12.3 Å². The third-order valence-corrected chi connectivity index (χ3v) is 3.83. The van der Waals surface area contributed by atoms with Gasteiger partial charge in [0.25, 0.3) is 0 Å². The highest BCUT2D eigenvalue weighted by molar-refractivity contribution is 6.36. The second-order valence-corrected chi connectivity index (χ2v) is 6.00. The number of aliphatic carboxylic acids is 1. The first-order valence-electron chi connectivity index (χ1n) is 7.32. The first-order chi connectivity index (χ1) is 11.9. The lowest BCUT2D eigenvalue weighted by Gasteiger charge is -2.12. The monoisotopic (exact) mass is 386 g/mol. The van der Waals surface area contributed by atoms with Gasteiger partial charge >= 0.3 is 5.97 Å². The fourth-order valence-corrected chi connectivity index (χ4v) is 2.57. The van der Waals surface area contributed by atoms with Gasteiger partial charge in [-0.2, -0.15) is 0 Å². The molecule has 0 saturated carbocycles. The molecule has 0 saturated heterocycles. The van der Waals surface area contributed by atoms with Crippen LogP contribution in [0.25, 0.3) is 11.3 Å². The average Bonchev–Trinajstić information content (AvgIpc) is 3.01. The number of carbonyl (C=O) groups is 2. The van der Waals surface area contributed by atoms with Crippen LogP contribution < -0.4 is 5.32 Å². The quantitative estimate of drug-likeness (QED) is 0.722. The molecule has 0 aliphatic carbocycles. The van der Waals surface area contributed by atoms with Crippen molar-refractivity contribution in [2.45, 2.75) is 18.9 Å².